The first-order valence-electron chi connectivity index (χ1n) is 4.18. The lowest BCUT2D eigenvalue weighted by atomic mass is 10.1. The number of aliphatic hydroxyl groups excluding tert-OH is 1. The van der Waals surface area contributed by atoms with Crippen molar-refractivity contribution in [2.75, 3.05) is 0 Å². The Balaban J connectivity index is 3.34. The highest BCUT2D eigenvalue weighted by Gasteiger charge is 2.27. The average Bonchev–Trinajstić information content (AvgIpc) is 2.22. The van der Waals surface area contributed by atoms with Crippen molar-refractivity contribution >= 4 is 29.2 Å². The molecule has 0 aliphatic heterocycles. The van der Waals surface area contributed by atoms with E-state index < -0.39 is 30.0 Å². The highest BCUT2D eigenvalue weighted by Crippen LogP contribution is 2.39. The lowest BCUT2D eigenvalue weighted by molar-refractivity contribution is -0.147. The number of hydrogen-bond donors (Lipinski definition) is 2. The SMILES string of the molecule is O=C(O)[C@H](O)c1c(Cl)ccc(Cl)c1OC(F)F. The highest BCUT2D eigenvalue weighted by atomic mass is 35.5. The maximum Gasteiger partial charge on any atom is 0.387 e. The molecule has 0 aliphatic carbocycles. The molecule has 0 saturated carbocycles. The van der Waals surface area contributed by atoms with Gasteiger partial charge in [-0.2, -0.15) is 8.78 Å². The number of carboxylic acid groups (broad SMARTS) is 1. The number of alkyl halides is 2. The van der Waals surface area contributed by atoms with Crippen molar-refractivity contribution in [1.29, 1.82) is 0 Å². The summed E-state index contributed by atoms with van der Waals surface area (Å²) in [5.41, 5.74) is -0.507. The number of rotatable bonds is 4. The van der Waals surface area contributed by atoms with Gasteiger partial charge in [0.25, 0.3) is 0 Å². The number of ether oxygens (including phenoxy) is 1. The molecule has 94 valence electrons. The van der Waals surface area contributed by atoms with E-state index in [4.69, 9.17) is 28.3 Å². The molecule has 0 heterocycles. The van der Waals surface area contributed by atoms with Gasteiger partial charge in [-0.3, -0.25) is 0 Å². The molecule has 0 radical (unpaired) electrons. The van der Waals surface area contributed by atoms with Gasteiger partial charge >= 0.3 is 12.6 Å². The fourth-order valence-corrected chi connectivity index (χ4v) is 1.60. The van der Waals surface area contributed by atoms with Gasteiger partial charge in [0.15, 0.2) is 11.9 Å². The van der Waals surface area contributed by atoms with Crippen molar-refractivity contribution in [2.24, 2.45) is 0 Å². The topological polar surface area (TPSA) is 66.8 Å². The number of aliphatic carboxylic acids is 1. The first-order chi connectivity index (χ1) is 7.84. The lowest BCUT2D eigenvalue weighted by Crippen LogP contribution is -2.14. The van der Waals surface area contributed by atoms with Crippen molar-refractivity contribution in [3.8, 4) is 5.75 Å². The van der Waals surface area contributed by atoms with Crippen LogP contribution in [0.15, 0.2) is 12.1 Å². The maximum atomic E-state index is 12.1. The summed E-state index contributed by atoms with van der Waals surface area (Å²) in [4.78, 5) is 10.6. The number of halogens is 4. The predicted molar refractivity (Wildman–Crippen MR) is 55.7 cm³/mol. The van der Waals surface area contributed by atoms with Crippen molar-refractivity contribution in [2.45, 2.75) is 12.7 Å². The van der Waals surface area contributed by atoms with Gasteiger partial charge in [0.05, 0.1) is 15.6 Å². The number of aliphatic hydroxyl groups is 1. The van der Waals surface area contributed by atoms with E-state index in [1.165, 1.54) is 6.07 Å². The van der Waals surface area contributed by atoms with Crippen LogP contribution in [-0.2, 0) is 4.79 Å². The van der Waals surface area contributed by atoms with Gasteiger partial charge in [-0.05, 0) is 12.1 Å². The van der Waals surface area contributed by atoms with E-state index in [-0.39, 0.29) is 10.0 Å². The molecule has 17 heavy (non-hydrogen) atoms. The maximum absolute atomic E-state index is 12.1. The molecule has 8 heteroatoms. The second kappa shape index (κ2) is 5.48. The van der Waals surface area contributed by atoms with Crippen molar-refractivity contribution in [3.05, 3.63) is 27.7 Å². The number of benzene rings is 1. The molecular formula is C9H6Cl2F2O4. The summed E-state index contributed by atoms with van der Waals surface area (Å²) in [5, 5.41) is 17.4. The van der Waals surface area contributed by atoms with Gasteiger partial charge in [0.2, 0.25) is 0 Å². The molecule has 4 nitrogen and oxygen atoms in total. The summed E-state index contributed by atoms with van der Waals surface area (Å²) in [7, 11) is 0. The van der Waals surface area contributed by atoms with Crippen LogP contribution in [0, 0.1) is 0 Å². The van der Waals surface area contributed by atoms with Crippen LogP contribution >= 0.6 is 23.2 Å². The summed E-state index contributed by atoms with van der Waals surface area (Å²) >= 11 is 11.2. The van der Waals surface area contributed by atoms with Crippen LogP contribution in [0.4, 0.5) is 8.78 Å². The highest BCUT2D eigenvalue weighted by molar-refractivity contribution is 6.35. The summed E-state index contributed by atoms with van der Waals surface area (Å²) < 4.78 is 28.3. The van der Waals surface area contributed by atoms with Gasteiger partial charge in [-0.1, -0.05) is 23.2 Å². The van der Waals surface area contributed by atoms with Gasteiger partial charge in [-0.25, -0.2) is 4.79 Å². The lowest BCUT2D eigenvalue weighted by Gasteiger charge is -2.15. The smallest absolute Gasteiger partial charge is 0.387 e. The van der Waals surface area contributed by atoms with E-state index in [2.05, 4.69) is 4.74 Å². The van der Waals surface area contributed by atoms with E-state index in [0.717, 1.165) is 6.07 Å². The zero-order chi connectivity index (χ0) is 13.2. The monoisotopic (exact) mass is 286 g/mol. The molecule has 1 rings (SSSR count). The molecule has 0 aliphatic rings. The van der Waals surface area contributed by atoms with Crippen LogP contribution in [0.3, 0.4) is 0 Å². The molecule has 0 bridgehead atoms. The third kappa shape index (κ3) is 3.18. The van der Waals surface area contributed by atoms with Crippen molar-refractivity contribution in [1.82, 2.24) is 0 Å². The molecule has 2 N–H and O–H groups in total. The van der Waals surface area contributed by atoms with E-state index >= 15 is 0 Å². The Bertz CT molecular complexity index is 439. The Morgan fingerprint density at radius 2 is 1.82 bits per heavy atom. The molecule has 0 spiro atoms. The molecule has 0 amide bonds. The second-order valence-corrected chi connectivity index (χ2v) is 3.71. The fourth-order valence-electron chi connectivity index (χ4n) is 1.14. The Morgan fingerprint density at radius 1 is 1.29 bits per heavy atom. The van der Waals surface area contributed by atoms with Crippen LogP contribution in [0.1, 0.15) is 11.7 Å². The third-order valence-electron chi connectivity index (χ3n) is 1.81. The van der Waals surface area contributed by atoms with Crippen LogP contribution < -0.4 is 4.74 Å². The Morgan fingerprint density at radius 3 is 2.29 bits per heavy atom. The molecule has 0 saturated heterocycles. The molecule has 0 aromatic heterocycles. The summed E-state index contributed by atoms with van der Waals surface area (Å²) in [6, 6.07) is 2.32. The molecule has 0 fully saturated rings. The van der Waals surface area contributed by atoms with Gasteiger partial charge in [0.1, 0.15) is 0 Å². The van der Waals surface area contributed by atoms with E-state index in [1.54, 1.807) is 0 Å². The van der Waals surface area contributed by atoms with Gasteiger partial charge in [0, 0.05) is 0 Å². The summed E-state index contributed by atoms with van der Waals surface area (Å²) in [6.45, 7) is -3.22. The molecule has 0 unspecified atom stereocenters. The zero-order valence-electron chi connectivity index (χ0n) is 8.03. The van der Waals surface area contributed by atoms with Crippen molar-refractivity contribution < 1.29 is 28.5 Å². The number of carboxylic acids is 1. The minimum absolute atomic E-state index is 0.236. The molecule has 1 aromatic carbocycles. The van der Waals surface area contributed by atoms with Gasteiger partial charge in [-0.15, -0.1) is 0 Å². The number of carbonyl (C=O) groups is 1. The molecular weight excluding hydrogens is 281 g/mol. The van der Waals surface area contributed by atoms with Crippen molar-refractivity contribution in [3.63, 3.8) is 0 Å². The van der Waals surface area contributed by atoms with E-state index in [0.29, 0.717) is 0 Å². The van der Waals surface area contributed by atoms with Crippen LogP contribution in [0.5, 0.6) is 5.75 Å². The van der Waals surface area contributed by atoms with Crippen LogP contribution in [0.2, 0.25) is 10.0 Å². The molecule has 1 aromatic rings. The minimum atomic E-state index is -3.22. The quantitative estimate of drug-likeness (QED) is 0.893. The predicted octanol–water partition coefficient (Wildman–Crippen LogP) is 2.71. The third-order valence-corrected chi connectivity index (χ3v) is 2.44. The average molecular weight is 287 g/mol. The van der Waals surface area contributed by atoms with Gasteiger partial charge < -0.3 is 14.9 Å². The normalized spacial score (nSPS) is 12.6. The standard InChI is InChI=1S/C9H6Cl2F2O4/c10-3-1-2-4(11)7(17-9(12)13)5(3)6(14)8(15)16/h1-2,6,9,14H,(H,15,16)/t6-/m1/s1. The largest absolute Gasteiger partial charge is 0.479 e. The Kier molecular flexibility index (Phi) is 4.50. The Labute approximate surface area is 104 Å². The summed E-state index contributed by atoms with van der Waals surface area (Å²) in [6.07, 6.45) is -2.10. The second-order valence-electron chi connectivity index (χ2n) is 2.89. The first-order valence-corrected chi connectivity index (χ1v) is 4.93. The molecule has 1 atom stereocenters. The van der Waals surface area contributed by atoms with E-state index in [1.807, 2.05) is 0 Å². The minimum Gasteiger partial charge on any atom is -0.479 e. The van der Waals surface area contributed by atoms with Crippen LogP contribution in [-0.4, -0.2) is 22.8 Å². The zero-order valence-corrected chi connectivity index (χ0v) is 9.54. The Hall–Kier alpha value is -1.11. The first kappa shape index (κ1) is 14.0. The van der Waals surface area contributed by atoms with E-state index in [9.17, 15) is 18.7 Å². The van der Waals surface area contributed by atoms with Crippen LogP contribution in [0.25, 0.3) is 0 Å². The fraction of sp³-hybridized carbons (Fsp3) is 0.222. The number of hydrogen-bond acceptors (Lipinski definition) is 3. The summed E-state index contributed by atoms with van der Waals surface area (Å²) in [5.74, 6) is -2.31.